The van der Waals surface area contributed by atoms with Crippen molar-refractivity contribution < 1.29 is 14.7 Å². The summed E-state index contributed by atoms with van der Waals surface area (Å²) in [5.74, 6) is -1.18. The summed E-state index contributed by atoms with van der Waals surface area (Å²) in [6, 6.07) is 4.05. The number of carboxylic acid groups (broad SMARTS) is 1. The third kappa shape index (κ3) is 4.08. The van der Waals surface area contributed by atoms with Crippen LogP contribution in [0.5, 0.6) is 0 Å². The minimum atomic E-state index is -1.08. The lowest BCUT2D eigenvalue weighted by atomic mass is 10.1. The zero-order valence-corrected chi connectivity index (χ0v) is 12.7. The standard InChI is InChI=1S/C15H16ClN3O3/c1-10(8-19-5-4-17-9-19)7-18-14(20)12-3-2-11(15(21)22)6-13(12)16/h2-6,9-10H,7-8H2,1H3,(H,18,20)(H,21,22). The Morgan fingerprint density at radius 3 is 2.82 bits per heavy atom. The van der Waals surface area contributed by atoms with E-state index in [0.717, 1.165) is 6.54 Å². The molecule has 22 heavy (non-hydrogen) atoms. The van der Waals surface area contributed by atoms with Gasteiger partial charge >= 0.3 is 5.97 Å². The Balaban J connectivity index is 1.93. The Morgan fingerprint density at radius 2 is 2.23 bits per heavy atom. The van der Waals surface area contributed by atoms with Crippen molar-refractivity contribution in [3.63, 3.8) is 0 Å². The second-order valence-electron chi connectivity index (χ2n) is 5.07. The van der Waals surface area contributed by atoms with Gasteiger partial charge in [0.25, 0.3) is 5.91 Å². The summed E-state index contributed by atoms with van der Waals surface area (Å²) in [6.45, 7) is 3.23. The number of carbonyl (C=O) groups is 2. The molecule has 0 saturated carbocycles. The number of halogens is 1. The van der Waals surface area contributed by atoms with E-state index in [-0.39, 0.29) is 28.0 Å². The van der Waals surface area contributed by atoms with E-state index in [1.54, 1.807) is 12.5 Å². The molecule has 1 amide bonds. The van der Waals surface area contributed by atoms with Crippen LogP contribution < -0.4 is 5.32 Å². The van der Waals surface area contributed by atoms with Crippen molar-refractivity contribution in [1.82, 2.24) is 14.9 Å². The lowest BCUT2D eigenvalue weighted by molar-refractivity contribution is 0.0696. The van der Waals surface area contributed by atoms with Crippen LogP contribution in [0.3, 0.4) is 0 Å². The summed E-state index contributed by atoms with van der Waals surface area (Å²) in [7, 11) is 0. The van der Waals surface area contributed by atoms with Gasteiger partial charge in [0.2, 0.25) is 0 Å². The summed E-state index contributed by atoms with van der Waals surface area (Å²) < 4.78 is 1.94. The average molecular weight is 322 g/mol. The minimum Gasteiger partial charge on any atom is -0.478 e. The minimum absolute atomic E-state index is 0.0509. The number of benzene rings is 1. The van der Waals surface area contributed by atoms with Crippen molar-refractivity contribution in [1.29, 1.82) is 0 Å². The van der Waals surface area contributed by atoms with E-state index in [4.69, 9.17) is 16.7 Å². The summed E-state index contributed by atoms with van der Waals surface area (Å²) in [6.07, 6.45) is 5.29. The molecule has 1 heterocycles. The van der Waals surface area contributed by atoms with Crippen LogP contribution in [0.2, 0.25) is 5.02 Å². The first-order valence-corrected chi connectivity index (χ1v) is 7.12. The molecule has 0 aliphatic heterocycles. The number of carboxylic acids is 1. The van der Waals surface area contributed by atoms with Gasteiger partial charge in [-0.3, -0.25) is 4.79 Å². The Labute approximate surface area is 132 Å². The maximum absolute atomic E-state index is 12.1. The number of imidazole rings is 1. The van der Waals surface area contributed by atoms with Crippen molar-refractivity contribution in [3.8, 4) is 0 Å². The summed E-state index contributed by atoms with van der Waals surface area (Å²) in [5.41, 5.74) is 0.316. The molecule has 2 aromatic rings. The molecule has 1 aromatic heterocycles. The smallest absolute Gasteiger partial charge is 0.335 e. The fourth-order valence-electron chi connectivity index (χ4n) is 2.01. The molecular weight excluding hydrogens is 306 g/mol. The molecule has 1 atom stereocenters. The Hall–Kier alpha value is -2.34. The molecule has 1 aromatic carbocycles. The predicted molar refractivity (Wildman–Crippen MR) is 82.1 cm³/mol. The fourth-order valence-corrected chi connectivity index (χ4v) is 2.28. The molecule has 0 radical (unpaired) electrons. The lowest BCUT2D eigenvalue weighted by Gasteiger charge is -2.13. The molecule has 0 spiro atoms. The Kier molecular flexibility index (Phi) is 5.16. The topological polar surface area (TPSA) is 84.2 Å². The molecule has 0 saturated heterocycles. The highest BCUT2D eigenvalue weighted by Crippen LogP contribution is 2.18. The van der Waals surface area contributed by atoms with Crippen LogP contribution >= 0.6 is 11.6 Å². The van der Waals surface area contributed by atoms with Gasteiger partial charge in [-0.2, -0.15) is 0 Å². The molecule has 2 N–H and O–H groups in total. The van der Waals surface area contributed by atoms with E-state index in [0.29, 0.717) is 6.54 Å². The highest BCUT2D eigenvalue weighted by Gasteiger charge is 2.14. The third-order valence-electron chi connectivity index (χ3n) is 3.15. The summed E-state index contributed by atoms with van der Waals surface area (Å²) in [5, 5.41) is 11.8. The van der Waals surface area contributed by atoms with Gasteiger partial charge in [-0.25, -0.2) is 9.78 Å². The number of hydrogen-bond acceptors (Lipinski definition) is 3. The first-order valence-electron chi connectivity index (χ1n) is 6.74. The lowest BCUT2D eigenvalue weighted by Crippen LogP contribution is -2.30. The largest absolute Gasteiger partial charge is 0.478 e. The van der Waals surface area contributed by atoms with Crippen molar-refractivity contribution in [2.45, 2.75) is 13.5 Å². The van der Waals surface area contributed by atoms with Crippen LogP contribution in [0.15, 0.2) is 36.9 Å². The number of aromatic carboxylic acids is 1. The highest BCUT2D eigenvalue weighted by atomic mass is 35.5. The Bertz CT molecular complexity index is 671. The number of hydrogen-bond donors (Lipinski definition) is 2. The number of carbonyl (C=O) groups excluding carboxylic acids is 1. The van der Waals surface area contributed by atoms with E-state index in [1.807, 2.05) is 17.7 Å². The normalized spacial score (nSPS) is 11.9. The van der Waals surface area contributed by atoms with E-state index in [9.17, 15) is 9.59 Å². The maximum atomic E-state index is 12.1. The number of nitrogens with one attached hydrogen (secondary N) is 1. The van der Waals surface area contributed by atoms with E-state index < -0.39 is 5.97 Å². The van der Waals surface area contributed by atoms with E-state index in [1.165, 1.54) is 18.2 Å². The summed E-state index contributed by atoms with van der Waals surface area (Å²) in [4.78, 5) is 26.9. The van der Waals surface area contributed by atoms with Crippen molar-refractivity contribution in [3.05, 3.63) is 53.1 Å². The number of aromatic nitrogens is 2. The van der Waals surface area contributed by atoms with E-state index >= 15 is 0 Å². The van der Waals surface area contributed by atoms with Crippen LogP contribution in [-0.2, 0) is 6.54 Å². The van der Waals surface area contributed by atoms with Crippen molar-refractivity contribution >= 4 is 23.5 Å². The quantitative estimate of drug-likeness (QED) is 0.855. The SMILES string of the molecule is CC(CNC(=O)c1ccc(C(=O)O)cc1Cl)Cn1ccnc1. The molecule has 0 aliphatic rings. The molecule has 2 rings (SSSR count). The van der Waals surface area contributed by atoms with Crippen molar-refractivity contribution in [2.75, 3.05) is 6.54 Å². The zero-order valence-electron chi connectivity index (χ0n) is 12.0. The molecule has 1 unspecified atom stereocenters. The van der Waals surface area contributed by atoms with Crippen LogP contribution in [0.4, 0.5) is 0 Å². The van der Waals surface area contributed by atoms with Gasteiger partial charge in [-0.1, -0.05) is 18.5 Å². The van der Waals surface area contributed by atoms with E-state index in [2.05, 4.69) is 10.3 Å². The number of amides is 1. The number of nitrogens with zero attached hydrogens (tertiary/aromatic N) is 2. The third-order valence-corrected chi connectivity index (χ3v) is 3.47. The second kappa shape index (κ2) is 7.09. The van der Waals surface area contributed by atoms with Gasteiger partial charge in [0.1, 0.15) is 0 Å². The number of rotatable bonds is 6. The van der Waals surface area contributed by atoms with Crippen LogP contribution in [-0.4, -0.2) is 33.1 Å². The maximum Gasteiger partial charge on any atom is 0.335 e. The fraction of sp³-hybridized carbons (Fsp3) is 0.267. The van der Waals surface area contributed by atoms with Gasteiger partial charge in [0.15, 0.2) is 0 Å². The molecule has 0 aliphatic carbocycles. The molecule has 0 fully saturated rings. The van der Waals surface area contributed by atoms with Crippen LogP contribution in [0, 0.1) is 5.92 Å². The average Bonchev–Trinajstić information content (AvgIpc) is 2.97. The van der Waals surface area contributed by atoms with Gasteiger partial charge < -0.3 is 15.0 Å². The van der Waals surface area contributed by atoms with Gasteiger partial charge in [-0.15, -0.1) is 0 Å². The molecule has 6 nitrogen and oxygen atoms in total. The molecule has 0 bridgehead atoms. The first-order chi connectivity index (χ1) is 10.5. The monoisotopic (exact) mass is 321 g/mol. The van der Waals surface area contributed by atoms with Gasteiger partial charge in [0, 0.05) is 25.5 Å². The highest BCUT2D eigenvalue weighted by molar-refractivity contribution is 6.34. The van der Waals surface area contributed by atoms with Crippen LogP contribution in [0.25, 0.3) is 0 Å². The first kappa shape index (κ1) is 16.0. The summed E-state index contributed by atoms with van der Waals surface area (Å²) >= 11 is 5.96. The van der Waals surface area contributed by atoms with Gasteiger partial charge in [0.05, 0.1) is 22.5 Å². The van der Waals surface area contributed by atoms with Gasteiger partial charge in [-0.05, 0) is 24.1 Å². The molecule has 7 heteroatoms. The van der Waals surface area contributed by atoms with Crippen LogP contribution in [0.1, 0.15) is 27.6 Å². The van der Waals surface area contributed by atoms with Crippen molar-refractivity contribution in [2.24, 2.45) is 5.92 Å². The molecule has 116 valence electrons. The Morgan fingerprint density at radius 1 is 1.45 bits per heavy atom. The molecular formula is C15H16ClN3O3. The zero-order chi connectivity index (χ0) is 16.1. The second-order valence-corrected chi connectivity index (χ2v) is 5.48. The predicted octanol–water partition coefficient (Wildman–Crippen LogP) is 2.30.